The summed E-state index contributed by atoms with van der Waals surface area (Å²) in [6.45, 7) is 0.556. The van der Waals surface area contributed by atoms with Crippen molar-refractivity contribution in [2.45, 2.75) is 12.8 Å². The maximum absolute atomic E-state index is 13.0. The quantitative estimate of drug-likeness (QED) is 0.567. The van der Waals surface area contributed by atoms with Gasteiger partial charge in [-0.25, -0.2) is 8.78 Å². The highest BCUT2D eigenvalue weighted by molar-refractivity contribution is 5.35. The second-order valence-corrected chi connectivity index (χ2v) is 2.80. The van der Waals surface area contributed by atoms with Crippen molar-refractivity contribution in [3.63, 3.8) is 0 Å². The van der Waals surface area contributed by atoms with Crippen molar-refractivity contribution >= 4 is 0 Å². The first-order chi connectivity index (χ1) is 6.75. The number of hydrogen-bond acceptors (Lipinski definition) is 1. The molecule has 0 radical (unpaired) electrons. The third-order valence-electron chi connectivity index (χ3n) is 1.68. The van der Waals surface area contributed by atoms with Crippen molar-refractivity contribution < 1.29 is 8.78 Å². The molecule has 0 spiro atoms. The van der Waals surface area contributed by atoms with Crippen molar-refractivity contribution in [3.05, 3.63) is 35.4 Å². The number of benzene rings is 1. The van der Waals surface area contributed by atoms with E-state index in [0.29, 0.717) is 13.0 Å². The monoisotopic (exact) mass is 195 g/mol. The third-order valence-corrected chi connectivity index (χ3v) is 1.68. The van der Waals surface area contributed by atoms with Crippen LogP contribution in [0.2, 0.25) is 0 Å². The summed E-state index contributed by atoms with van der Waals surface area (Å²) >= 11 is 0. The van der Waals surface area contributed by atoms with E-state index in [1.807, 2.05) is 0 Å². The van der Waals surface area contributed by atoms with E-state index in [4.69, 9.17) is 5.73 Å². The average Bonchev–Trinajstić information content (AvgIpc) is 2.19. The molecule has 0 aliphatic rings. The van der Waals surface area contributed by atoms with Gasteiger partial charge < -0.3 is 5.73 Å². The second-order valence-electron chi connectivity index (χ2n) is 2.80. The van der Waals surface area contributed by atoms with E-state index in [9.17, 15) is 8.78 Å². The van der Waals surface area contributed by atoms with Crippen molar-refractivity contribution in [3.8, 4) is 11.8 Å². The molecule has 14 heavy (non-hydrogen) atoms. The molecular weight excluding hydrogens is 184 g/mol. The zero-order valence-corrected chi connectivity index (χ0v) is 7.69. The first kappa shape index (κ1) is 10.7. The van der Waals surface area contributed by atoms with Gasteiger partial charge in [0.1, 0.15) is 0 Å². The normalized spacial score (nSPS) is 9.36. The zero-order chi connectivity index (χ0) is 10.4. The molecule has 0 amide bonds. The van der Waals surface area contributed by atoms with Crippen molar-refractivity contribution in [1.82, 2.24) is 0 Å². The van der Waals surface area contributed by atoms with Gasteiger partial charge in [0.2, 0.25) is 0 Å². The Bertz CT molecular complexity index is 363. The Balaban J connectivity index is 2.74. The van der Waals surface area contributed by atoms with Crippen LogP contribution in [0.1, 0.15) is 18.4 Å². The number of rotatable bonds is 2. The van der Waals surface area contributed by atoms with Gasteiger partial charge in [0.25, 0.3) is 0 Å². The molecule has 1 aromatic rings. The molecule has 0 aliphatic heterocycles. The molecule has 0 saturated heterocycles. The number of halogens is 2. The average molecular weight is 195 g/mol. The van der Waals surface area contributed by atoms with Gasteiger partial charge in [0.05, 0.1) is 5.56 Å². The predicted molar refractivity (Wildman–Crippen MR) is 51.5 cm³/mol. The fraction of sp³-hybridized carbons (Fsp3) is 0.273. The summed E-state index contributed by atoms with van der Waals surface area (Å²) in [4.78, 5) is 0. The topological polar surface area (TPSA) is 26.0 Å². The summed E-state index contributed by atoms with van der Waals surface area (Å²) < 4.78 is 25.7. The van der Waals surface area contributed by atoms with Gasteiger partial charge in [-0.2, -0.15) is 0 Å². The lowest BCUT2D eigenvalue weighted by molar-refractivity contribution is 0.506. The molecule has 0 atom stereocenters. The van der Waals surface area contributed by atoms with Crippen LogP contribution in [-0.2, 0) is 0 Å². The Morgan fingerprint density at radius 1 is 1.29 bits per heavy atom. The van der Waals surface area contributed by atoms with Crippen LogP contribution < -0.4 is 5.73 Å². The van der Waals surface area contributed by atoms with Crippen LogP contribution in [0.25, 0.3) is 0 Å². The number of nitrogens with two attached hydrogens (primary N) is 1. The van der Waals surface area contributed by atoms with Crippen LogP contribution in [0.15, 0.2) is 18.2 Å². The molecule has 1 nitrogen and oxygen atoms in total. The number of hydrogen-bond donors (Lipinski definition) is 1. The van der Waals surface area contributed by atoms with Crippen LogP contribution in [0.4, 0.5) is 8.78 Å². The summed E-state index contributed by atoms with van der Waals surface area (Å²) in [6.07, 6.45) is 1.37. The summed E-state index contributed by atoms with van der Waals surface area (Å²) in [5, 5.41) is 0. The van der Waals surface area contributed by atoms with E-state index in [0.717, 1.165) is 12.5 Å². The standard InChI is InChI=1S/C11H11F2N/c12-10-7-4-6-9(11(10)13)5-2-1-3-8-14/h4,6-7H,1,3,8,14H2. The molecule has 1 aromatic carbocycles. The maximum Gasteiger partial charge on any atom is 0.174 e. The maximum atomic E-state index is 13.0. The fourth-order valence-corrected chi connectivity index (χ4v) is 0.949. The lowest BCUT2D eigenvalue weighted by atomic mass is 10.2. The first-order valence-electron chi connectivity index (χ1n) is 4.38. The van der Waals surface area contributed by atoms with Crippen molar-refractivity contribution in [2.75, 3.05) is 6.54 Å². The molecule has 2 N–H and O–H groups in total. The van der Waals surface area contributed by atoms with Gasteiger partial charge in [0, 0.05) is 6.42 Å². The molecule has 0 heterocycles. The molecular formula is C11H11F2N. The lowest BCUT2D eigenvalue weighted by Gasteiger charge is -1.94. The van der Waals surface area contributed by atoms with Gasteiger partial charge in [0.15, 0.2) is 11.6 Å². The Hall–Kier alpha value is -1.40. The van der Waals surface area contributed by atoms with E-state index in [1.165, 1.54) is 12.1 Å². The molecule has 0 bridgehead atoms. The van der Waals surface area contributed by atoms with Crippen LogP contribution >= 0.6 is 0 Å². The largest absolute Gasteiger partial charge is 0.330 e. The SMILES string of the molecule is NCCCC#Cc1cccc(F)c1F. The van der Waals surface area contributed by atoms with Gasteiger partial charge >= 0.3 is 0 Å². The molecule has 0 saturated carbocycles. The summed E-state index contributed by atoms with van der Waals surface area (Å²) in [5.41, 5.74) is 5.36. The van der Waals surface area contributed by atoms with E-state index < -0.39 is 11.6 Å². The van der Waals surface area contributed by atoms with Gasteiger partial charge in [-0.05, 0) is 25.1 Å². The van der Waals surface area contributed by atoms with E-state index >= 15 is 0 Å². The Labute approximate surface area is 81.9 Å². The van der Waals surface area contributed by atoms with Crippen molar-refractivity contribution in [2.24, 2.45) is 5.73 Å². The molecule has 0 unspecified atom stereocenters. The van der Waals surface area contributed by atoms with Crippen LogP contribution in [0.3, 0.4) is 0 Å². The minimum absolute atomic E-state index is 0.0991. The summed E-state index contributed by atoms with van der Waals surface area (Å²) in [7, 11) is 0. The van der Waals surface area contributed by atoms with Crippen molar-refractivity contribution in [1.29, 1.82) is 0 Å². The van der Waals surface area contributed by atoms with E-state index in [1.54, 1.807) is 0 Å². The van der Waals surface area contributed by atoms with Gasteiger partial charge in [-0.1, -0.05) is 17.9 Å². The highest BCUT2D eigenvalue weighted by atomic mass is 19.2. The predicted octanol–water partition coefficient (Wildman–Crippen LogP) is 2.06. The first-order valence-corrected chi connectivity index (χ1v) is 4.38. The summed E-state index contributed by atoms with van der Waals surface area (Å²) in [6, 6.07) is 3.96. The minimum Gasteiger partial charge on any atom is -0.330 e. The number of unbranched alkanes of at least 4 members (excludes halogenated alkanes) is 1. The van der Waals surface area contributed by atoms with Crippen LogP contribution in [0.5, 0.6) is 0 Å². The Morgan fingerprint density at radius 3 is 2.79 bits per heavy atom. The molecule has 1 rings (SSSR count). The third kappa shape index (κ3) is 2.82. The van der Waals surface area contributed by atoms with Crippen LogP contribution in [0, 0.1) is 23.5 Å². The van der Waals surface area contributed by atoms with Crippen LogP contribution in [-0.4, -0.2) is 6.54 Å². The van der Waals surface area contributed by atoms with Gasteiger partial charge in [-0.15, -0.1) is 0 Å². The molecule has 74 valence electrons. The lowest BCUT2D eigenvalue weighted by Crippen LogP contribution is -1.96. The Morgan fingerprint density at radius 2 is 2.07 bits per heavy atom. The fourth-order valence-electron chi connectivity index (χ4n) is 0.949. The summed E-state index contributed by atoms with van der Waals surface area (Å²) in [5.74, 6) is 3.56. The molecule has 0 aromatic heterocycles. The molecule has 3 heteroatoms. The van der Waals surface area contributed by atoms with E-state index in [-0.39, 0.29) is 5.56 Å². The minimum atomic E-state index is -0.882. The zero-order valence-electron chi connectivity index (χ0n) is 7.69. The van der Waals surface area contributed by atoms with E-state index in [2.05, 4.69) is 11.8 Å². The molecule has 0 aliphatic carbocycles. The highest BCUT2D eigenvalue weighted by Gasteiger charge is 2.03. The smallest absolute Gasteiger partial charge is 0.174 e. The molecule has 0 fully saturated rings. The van der Waals surface area contributed by atoms with Gasteiger partial charge in [-0.3, -0.25) is 0 Å². The second kappa shape index (κ2) is 5.36. The highest BCUT2D eigenvalue weighted by Crippen LogP contribution is 2.09. The Kier molecular flexibility index (Phi) is 4.09.